The van der Waals surface area contributed by atoms with Crippen LogP contribution in [0.25, 0.3) is 0 Å². The van der Waals surface area contributed by atoms with Gasteiger partial charge in [-0.15, -0.1) is 0 Å². The lowest BCUT2D eigenvalue weighted by Crippen LogP contribution is -1.91. The number of carbonyl (C=O) groups is 1. The van der Waals surface area contributed by atoms with Gasteiger partial charge in [0.15, 0.2) is 0 Å². The molecule has 0 saturated carbocycles. The molecule has 1 aromatic heterocycles. The molecule has 1 rings (SSSR count). The summed E-state index contributed by atoms with van der Waals surface area (Å²) in [4.78, 5) is 10.1. The minimum Gasteiger partial charge on any atom is -0.475 e. The van der Waals surface area contributed by atoms with Crippen molar-refractivity contribution in [2.24, 2.45) is 0 Å². The summed E-state index contributed by atoms with van der Waals surface area (Å²) in [6.45, 7) is -0.771. The average molecular weight is 144 g/mol. The molecule has 0 fully saturated rings. The third-order valence-corrected chi connectivity index (χ3v) is 1.00. The smallest absolute Gasteiger partial charge is 0.371 e. The van der Waals surface area contributed by atoms with Crippen molar-refractivity contribution in [1.29, 1.82) is 0 Å². The number of hydrogen-bond acceptors (Lipinski definition) is 2. The van der Waals surface area contributed by atoms with Gasteiger partial charge in [0.25, 0.3) is 0 Å². The Bertz CT molecular complexity index is 241. The first-order chi connectivity index (χ1) is 4.74. The number of carboxylic acid groups (broad SMARTS) is 1. The molecule has 3 nitrogen and oxygen atoms in total. The standard InChI is InChI=1S/C6H5FO3/c7-3-4-1-2-5(10-4)6(8)9/h1-2H,3H2,(H,8,9). The number of hydrogen-bond donors (Lipinski definition) is 1. The second kappa shape index (κ2) is 2.51. The van der Waals surface area contributed by atoms with Gasteiger partial charge in [0, 0.05) is 0 Å². The number of aromatic carboxylic acids is 1. The summed E-state index contributed by atoms with van der Waals surface area (Å²) in [7, 11) is 0. The molecule has 0 aliphatic rings. The monoisotopic (exact) mass is 144 g/mol. The van der Waals surface area contributed by atoms with E-state index in [9.17, 15) is 9.18 Å². The van der Waals surface area contributed by atoms with Crippen molar-refractivity contribution in [3.63, 3.8) is 0 Å². The molecule has 1 aromatic rings. The van der Waals surface area contributed by atoms with Crippen LogP contribution in [0.1, 0.15) is 16.3 Å². The van der Waals surface area contributed by atoms with Gasteiger partial charge in [-0.2, -0.15) is 0 Å². The highest BCUT2D eigenvalue weighted by atomic mass is 19.1. The number of carboxylic acids is 1. The van der Waals surface area contributed by atoms with E-state index in [4.69, 9.17) is 5.11 Å². The first-order valence-electron chi connectivity index (χ1n) is 2.62. The Morgan fingerprint density at radius 1 is 1.70 bits per heavy atom. The lowest BCUT2D eigenvalue weighted by Gasteiger charge is -1.84. The summed E-state index contributed by atoms with van der Waals surface area (Å²) in [5.74, 6) is -1.37. The van der Waals surface area contributed by atoms with E-state index < -0.39 is 12.6 Å². The summed E-state index contributed by atoms with van der Waals surface area (Å²) in [5.41, 5.74) is 0. The van der Waals surface area contributed by atoms with Gasteiger partial charge < -0.3 is 9.52 Å². The van der Waals surface area contributed by atoms with Crippen LogP contribution in [0, 0.1) is 0 Å². The van der Waals surface area contributed by atoms with E-state index in [0.29, 0.717) is 0 Å². The Hall–Kier alpha value is -1.32. The molecule has 1 N–H and O–H groups in total. The van der Waals surface area contributed by atoms with Gasteiger partial charge in [0.05, 0.1) is 0 Å². The van der Waals surface area contributed by atoms with Crippen molar-refractivity contribution < 1.29 is 18.7 Å². The largest absolute Gasteiger partial charge is 0.475 e. The Morgan fingerprint density at radius 3 is 2.70 bits per heavy atom. The maximum absolute atomic E-state index is 11.7. The van der Waals surface area contributed by atoms with Crippen molar-refractivity contribution in [3.8, 4) is 0 Å². The van der Waals surface area contributed by atoms with Crippen LogP contribution in [0.2, 0.25) is 0 Å². The normalized spacial score (nSPS) is 9.70. The summed E-state index contributed by atoms with van der Waals surface area (Å²) < 4.78 is 16.2. The zero-order valence-electron chi connectivity index (χ0n) is 5.00. The first-order valence-corrected chi connectivity index (χ1v) is 2.62. The Kier molecular flexibility index (Phi) is 1.71. The molecule has 10 heavy (non-hydrogen) atoms. The lowest BCUT2D eigenvalue weighted by atomic mass is 10.4. The second-order valence-corrected chi connectivity index (χ2v) is 1.70. The van der Waals surface area contributed by atoms with Crippen molar-refractivity contribution in [3.05, 3.63) is 23.7 Å². The highest BCUT2D eigenvalue weighted by Crippen LogP contribution is 2.08. The molecule has 0 aliphatic carbocycles. The molecular weight excluding hydrogens is 139 g/mol. The summed E-state index contributed by atoms with van der Waals surface area (Å²) in [5, 5.41) is 8.28. The van der Waals surface area contributed by atoms with E-state index in [1.54, 1.807) is 0 Å². The molecule has 0 radical (unpaired) electrons. The van der Waals surface area contributed by atoms with Gasteiger partial charge in [-0.1, -0.05) is 0 Å². The molecule has 0 unspecified atom stereocenters. The fourth-order valence-corrected chi connectivity index (χ4v) is 0.565. The maximum Gasteiger partial charge on any atom is 0.371 e. The highest BCUT2D eigenvalue weighted by molar-refractivity contribution is 5.84. The molecule has 0 aromatic carbocycles. The van der Waals surface area contributed by atoms with E-state index >= 15 is 0 Å². The Morgan fingerprint density at radius 2 is 2.40 bits per heavy atom. The van der Waals surface area contributed by atoms with Crippen LogP contribution in [0.3, 0.4) is 0 Å². The average Bonchev–Trinajstić information content (AvgIpc) is 2.34. The Labute approximate surface area is 56.1 Å². The van der Waals surface area contributed by atoms with Gasteiger partial charge in [0.1, 0.15) is 12.4 Å². The Balaban J connectivity index is 2.88. The predicted octanol–water partition coefficient (Wildman–Crippen LogP) is 1.45. The van der Waals surface area contributed by atoms with E-state index in [2.05, 4.69) is 4.42 Å². The van der Waals surface area contributed by atoms with E-state index in [1.165, 1.54) is 12.1 Å². The molecule has 4 heteroatoms. The number of halogens is 1. The van der Waals surface area contributed by atoms with E-state index in [-0.39, 0.29) is 11.5 Å². The minimum atomic E-state index is -1.18. The topological polar surface area (TPSA) is 50.4 Å². The molecular formula is C6H5FO3. The van der Waals surface area contributed by atoms with Crippen LogP contribution in [0.4, 0.5) is 4.39 Å². The maximum atomic E-state index is 11.7. The lowest BCUT2D eigenvalue weighted by molar-refractivity contribution is 0.0659. The molecule has 54 valence electrons. The van der Waals surface area contributed by atoms with Crippen molar-refractivity contribution in [2.45, 2.75) is 6.67 Å². The van der Waals surface area contributed by atoms with E-state index in [1.807, 2.05) is 0 Å². The predicted molar refractivity (Wildman–Crippen MR) is 30.5 cm³/mol. The number of furan rings is 1. The van der Waals surface area contributed by atoms with Crippen molar-refractivity contribution in [1.82, 2.24) is 0 Å². The molecule has 0 saturated heterocycles. The molecule has 0 atom stereocenters. The van der Waals surface area contributed by atoms with Crippen LogP contribution in [0.5, 0.6) is 0 Å². The van der Waals surface area contributed by atoms with Crippen LogP contribution >= 0.6 is 0 Å². The number of rotatable bonds is 2. The van der Waals surface area contributed by atoms with E-state index in [0.717, 1.165) is 0 Å². The third-order valence-electron chi connectivity index (χ3n) is 1.00. The highest BCUT2D eigenvalue weighted by Gasteiger charge is 2.07. The first kappa shape index (κ1) is 6.80. The quantitative estimate of drug-likeness (QED) is 0.683. The number of alkyl halides is 1. The molecule has 0 amide bonds. The fourth-order valence-electron chi connectivity index (χ4n) is 0.565. The molecule has 0 bridgehead atoms. The molecule has 1 heterocycles. The van der Waals surface area contributed by atoms with Gasteiger partial charge in [-0.05, 0) is 12.1 Å². The summed E-state index contributed by atoms with van der Waals surface area (Å²) >= 11 is 0. The molecule has 0 aliphatic heterocycles. The van der Waals surface area contributed by atoms with Gasteiger partial charge in [-0.25, -0.2) is 9.18 Å². The van der Waals surface area contributed by atoms with Crippen molar-refractivity contribution in [2.75, 3.05) is 0 Å². The van der Waals surface area contributed by atoms with Crippen molar-refractivity contribution >= 4 is 5.97 Å². The van der Waals surface area contributed by atoms with Gasteiger partial charge in [0.2, 0.25) is 5.76 Å². The van der Waals surface area contributed by atoms with Crippen LogP contribution in [-0.4, -0.2) is 11.1 Å². The second-order valence-electron chi connectivity index (χ2n) is 1.70. The minimum absolute atomic E-state index is 0.0393. The summed E-state index contributed by atoms with van der Waals surface area (Å²) in [6.07, 6.45) is 0. The van der Waals surface area contributed by atoms with Crippen LogP contribution < -0.4 is 0 Å². The van der Waals surface area contributed by atoms with Crippen LogP contribution in [-0.2, 0) is 6.67 Å². The zero-order valence-corrected chi connectivity index (χ0v) is 5.00. The fraction of sp³-hybridized carbons (Fsp3) is 0.167. The zero-order chi connectivity index (χ0) is 7.56. The van der Waals surface area contributed by atoms with Gasteiger partial charge in [-0.3, -0.25) is 0 Å². The third kappa shape index (κ3) is 1.15. The van der Waals surface area contributed by atoms with Crippen LogP contribution in [0.15, 0.2) is 16.5 Å². The molecule has 0 spiro atoms. The summed E-state index contributed by atoms with van der Waals surface area (Å²) in [6, 6.07) is 2.51. The van der Waals surface area contributed by atoms with Gasteiger partial charge >= 0.3 is 5.97 Å². The SMILES string of the molecule is O=C(O)c1ccc(CF)o1.